The van der Waals surface area contributed by atoms with Gasteiger partial charge in [-0.25, -0.2) is 13.4 Å². The van der Waals surface area contributed by atoms with Gasteiger partial charge in [0.2, 0.25) is 10.0 Å². The largest absolute Gasteiger partial charge is 0.347 e. The van der Waals surface area contributed by atoms with E-state index in [2.05, 4.69) is 20.2 Å². The highest BCUT2D eigenvalue weighted by Crippen LogP contribution is 2.18. The Morgan fingerprint density at radius 1 is 1.20 bits per heavy atom. The van der Waals surface area contributed by atoms with Crippen LogP contribution in [-0.2, 0) is 22.3 Å². The first-order chi connectivity index (χ1) is 14.3. The highest BCUT2D eigenvalue weighted by atomic mass is 32.2. The highest BCUT2D eigenvalue weighted by molar-refractivity contribution is 7.97. The molecule has 1 saturated heterocycles. The molecule has 162 valence electrons. The van der Waals surface area contributed by atoms with Gasteiger partial charge in [0.05, 0.1) is 10.6 Å². The van der Waals surface area contributed by atoms with Crippen molar-refractivity contribution in [3.8, 4) is 0 Å². The SMILES string of the molecule is CSCc1nc(C(=O)NCc2ccc(S(=O)(=O)N3CCN(C)CC3)cc2)cc(=O)[nH]1. The first-order valence-corrected chi connectivity index (χ1v) is 12.3. The molecule has 1 aromatic carbocycles. The number of rotatable bonds is 7. The lowest BCUT2D eigenvalue weighted by Gasteiger charge is -2.31. The van der Waals surface area contributed by atoms with E-state index in [0.717, 1.165) is 11.6 Å². The number of carbonyl (C=O) groups excluding carboxylic acids is 1. The van der Waals surface area contributed by atoms with Gasteiger partial charge >= 0.3 is 0 Å². The van der Waals surface area contributed by atoms with Crippen molar-refractivity contribution in [2.45, 2.75) is 17.2 Å². The van der Waals surface area contributed by atoms with Gasteiger partial charge in [-0.05, 0) is 31.0 Å². The lowest BCUT2D eigenvalue weighted by atomic mass is 10.2. The zero-order chi connectivity index (χ0) is 21.7. The standard InChI is InChI=1S/C19H25N5O4S2/c1-23-7-9-24(10-8-23)30(27,28)15-5-3-14(4-6-15)12-20-19(26)16-11-18(25)22-17(21-16)13-29-2/h3-6,11H,7-10,12-13H2,1-2H3,(H,20,26)(H,21,22,25). The van der Waals surface area contributed by atoms with Gasteiger partial charge in [-0.2, -0.15) is 16.1 Å². The first kappa shape index (κ1) is 22.5. The Kier molecular flexibility index (Phi) is 7.29. The molecule has 0 bridgehead atoms. The number of hydrogen-bond acceptors (Lipinski definition) is 7. The number of piperazine rings is 1. The third kappa shape index (κ3) is 5.48. The second-order valence-electron chi connectivity index (χ2n) is 7.04. The van der Waals surface area contributed by atoms with Crippen LogP contribution in [0.1, 0.15) is 21.9 Å². The molecule has 9 nitrogen and oxygen atoms in total. The number of H-pyrrole nitrogens is 1. The van der Waals surface area contributed by atoms with Crippen molar-refractivity contribution in [2.75, 3.05) is 39.5 Å². The van der Waals surface area contributed by atoms with Crippen LogP contribution in [0.5, 0.6) is 0 Å². The lowest BCUT2D eigenvalue weighted by molar-refractivity contribution is 0.0945. The molecule has 11 heteroatoms. The van der Waals surface area contributed by atoms with E-state index >= 15 is 0 Å². The fourth-order valence-electron chi connectivity index (χ4n) is 3.06. The molecule has 2 heterocycles. The molecule has 0 atom stereocenters. The number of nitrogens with one attached hydrogen (secondary N) is 2. The van der Waals surface area contributed by atoms with Crippen molar-refractivity contribution in [1.29, 1.82) is 0 Å². The molecule has 30 heavy (non-hydrogen) atoms. The van der Waals surface area contributed by atoms with Crippen LogP contribution >= 0.6 is 11.8 Å². The molecule has 0 radical (unpaired) electrons. The van der Waals surface area contributed by atoms with Gasteiger partial charge in [-0.15, -0.1) is 0 Å². The van der Waals surface area contributed by atoms with Crippen LogP contribution in [0.25, 0.3) is 0 Å². The number of likely N-dealkylation sites (N-methyl/N-ethyl adjacent to an activating group) is 1. The van der Waals surface area contributed by atoms with E-state index in [0.29, 0.717) is 37.8 Å². The molecular formula is C19H25N5O4S2. The van der Waals surface area contributed by atoms with Crippen molar-refractivity contribution >= 4 is 27.7 Å². The van der Waals surface area contributed by atoms with Gasteiger partial charge in [0.25, 0.3) is 11.5 Å². The summed E-state index contributed by atoms with van der Waals surface area (Å²) >= 11 is 1.49. The second kappa shape index (κ2) is 9.73. The van der Waals surface area contributed by atoms with Gasteiger partial charge < -0.3 is 15.2 Å². The average molecular weight is 452 g/mol. The monoisotopic (exact) mass is 451 g/mol. The Labute approximate surface area is 179 Å². The Morgan fingerprint density at radius 3 is 2.50 bits per heavy atom. The Hall–Kier alpha value is -2.21. The molecule has 1 amide bonds. The first-order valence-electron chi connectivity index (χ1n) is 9.44. The van der Waals surface area contributed by atoms with E-state index in [1.807, 2.05) is 13.3 Å². The molecule has 2 N–H and O–H groups in total. The minimum Gasteiger partial charge on any atom is -0.347 e. The molecule has 1 aliphatic heterocycles. The Morgan fingerprint density at radius 2 is 1.87 bits per heavy atom. The predicted octanol–water partition coefficient (Wildman–Crippen LogP) is 0.499. The van der Waals surface area contributed by atoms with E-state index in [-0.39, 0.29) is 22.7 Å². The molecule has 1 fully saturated rings. The maximum Gasteiger partial charge on any atom is 0.270 e. The van der Waals surface area contributed by atoms with E-state index in [4.69, 9.17) is 0 Å². The fourth-order valence-corrected chi connectivity index (χ4v) is 4.89. The van der Waals surface area contributed by atoms with Gasteiger partial charge in [0.1, 0.15) is 11.5 Å². The van der Waals surface area contributed by atoms with Gasteiger partial charge in [-0.1, -0.05) is 12.1 Å². The summed E-state index contributed by atoms with van der Waals surface area (Å²) in [7, 11) is -1.55. The topological polar surface area (TPSA) is 115 Å². The normalized spacial score (nSPS) is 15.8. The summed E-state index contributed by atoms with van der Waals surface area (Å²) in [5.41, 5.74) is 0.421. The summed E-state index contributed by atoms with van der Waals surface area (Å²) in [5.74, 6) is 0.482. The van der Waals surface area contributed by atoms with Crippen LogP contribution in [0.15, 0.2) is 40.0 Å². The van der Waals surface area contributed by atoms with Crippen LogP contribution in [0.4, 0.5) is 0 Å². The number of nitrogens with zero attached hydrogens (tertiary/aromatic N) is 3. The third-order valence-electron chi connectivity index (χ3n) is 4.78. The van der Waals surface area contributed by atoms with E-state index in [1.165, 1.54) is 16.1 Å². The van der Waals surface area contributed by atoms with Crippen LogP contribution in [-0.4, -0.2) is 73.0 Å². The number of sulfonamides is 1. The van der Waals surface area contributed by atoms with Crippen molar-refractivity contribution in [3.63, 3.8) is 0 Å². The Bertz CT molecular complexity index is 1050. The van der Waals surface area contributed by atoms with Crippen LogP contribution in [0.2, 0.25) is 0 Å². The summed E-state index contributed by atoms with van der Waals surface area (Å²) in [6.45, 7) is 2.55. The molecule has 1 aliphatic rings. The van der Waals surface area contributed by atoms with Crippen LogP contribution in [0.3, 0.4) is 0 Å². The minimum absolute atomic E-state index is 0.0528. The summed E-state index contributed by atoms with van der Waals surface area (Å²) in [4.78, 5) is 33.1. The van der Waals surface area contributed by atoms with Crippen LogP contribution < -0.4 is 10.9 Å². The maximum atomic E-state index is 12.8. The molecule has 2 aromatic rings. The van der Waals surface area contributed by atoms with Crippen LogP contribution in [0, 0.1) is 0 Å². The van der Waals surface area contributed by atoms with Crippen molar-refractivity contribution in [3.05, 3.63) is 57.8 Å². The van der Waals surface area contributed by atoms with Crippen molar-refractivity contribution < 1.29 is 13.2 Å². The number of aromatic nitrogens is 2. The van der Waals surface area contributed by atoms with E-state index in [9.17, 15) is 18.0 Å². The summed E-state index contributed by atoms with van der Waals surface area (Å²) < 4.78 is 27.0. The number of benzene rings is 1. The number of aromatic amines is 1. The van der Waals surface area contributed by atoms with Gasteiger partial charge in [0.15, 0.2) is 0 Å². The minimum atomic E-state index is -3.52. The zero-order valence-electron chi connectivity index (χ0n) is 16.9. The smallest absolute Gasteiger partial charge is 0.270 e. The Balaban J connectivity index is 1.63. The van der Waals surface area contributed by atoms with Gasteiger partial charge in [-0.3, -0.25) is 9.59 Å². The fraction of sp³-hybridized carbons (Fsp3) is 0.421. The molecule has 3 rings (SSSR count). The number of thioether (sulfide) groups is 1. The molecule has 0 aliphatic carbocycles. The summed E-state index contributed by atoms with van der Waals surface area (Å²) in [5, 5.41) is 2.71. The molecule has 0 saturated carbocycles. The van der Waals surface area contributed by atoms with E-state index in [1.54, 1.807) is 24.3 Å². The lowest BCUT2D eigenvalue weighted by Crippen LogP contribution is -2.47. The molecule has 1 aromatic heterocycles. The third-order valence-corrected chi connectivity index (χ3v) is 7.26. The van der Waals surface area contributed by atoms with Crippen molar-refractivity contribution in [2.24, 2.45) is 0 Å². The van der Waals surface area contributed by atoms with E-state index < -0.39 is 15.9 Å². The maximum absolute atomic E-state index is 12.8. The summed E-state index contributed by atoms with van der Waals surface area (Å²) in [6.07, 6.45) is 1.88. The summed E-state index contributed by atoms with van der Waals surface area (Å²) in [6, 6.07) is 7.61. The number of amides is 1. The van der Waals surface area contributed by atoms with Crippen molar-refractivity contribution in [1.82, 2.24) is 24.5 Å². The quantitative estimate of drug-likeness (QED) is 0.630. The number of hydrogen-bond donors (Lipinski definition) is 2. The van der Waals surface area contributed by atoms with Gasteiger partial charge in [0, 0.05) is 38.8 Å². The second-order valence-corrected chi connectivity index (χ2v) is 9.85. The molecule has 0 unspecified atom stereocenters. The molecule has 0 spiro atoms. The highest BCUT2D eigenvalue weighted by Gasteiger charge is 2.27. The zero-order valence-corrected chi connectivity index (χ0v) is 18.6. The molecular weight excluding hydrogens is 426 g/mol. The number of carbonyl (C=O) groups is 1. The predicted molar refractivity (Wildman–Crippen MR) is 116 cm³/mol. The average Bonchev–Trinajstić information content (AvgIpc) is 2.72.